The van der Waals surface area contributed by atoms with Crippen molar-refractivity contribution >= 4 is 0 Å². The topological polar surface area (TPSA) is 72.6 Å². The van der Waals surface area contributed by atoms with Gasteiger partial charge in [-0.25, -0.2) is 0 Å². The van der Waals surface area contributed by atoms with E-state index >= 15 is 0 Å². The number of rotatable bonds is 1. The fourth-order valence-corrected chi connectivity index (χ4v) is 3.62. The molecular weight excluding hydrogens is 260 g/mol. The first-order valence-electron chi connectivity index (χ1n) is 7.32. The molecule has 1 aromatic heterocycles. The van der Waals surface area contributed by atoms with Crippen molar-refractivity contribution in [3.8, 4) is 0 Å². The van der Waals surface area contributed by atoms with Crippen LogP contribution in [0.3, 0.4) is 0 Å². The molecule has 2 unspecified atom stereocenters. The molecule has 7 nitrogen and oxygen atoms in total. The van der Waals surface area contributed by atoms with E-state index in [1.165, 1.54) is 0 Å². The molecule has 2 atom stereocenters. The van der Waals surface area contributed by atoms with Gasteiger partial charge < -0.3 is 19.1 Å². The molecule has 110 valence electrons. The van der Waals surface area contributed by atoms with Crippen molar-refractivity contribution in [3.05, 3.63) is 12.2 Å². The predicted molar refractivity (Wildman–Crippen MR) is 68.7 cm³/mol. The summed E-state index contributed by atoms with van der Waals surface area (Å²) < 4.78 is 13.7. The first-order valence-corrected chi connectivity index (χ1v) is 7.32. The van der Waals surface area contributed by atoms with E-state index in [2.05, 4.69) is 19.7 Å². The van der Waals surface area contributed by atoms with E-state index in [4.69, 9.17) is 9.47 Å². The van der Waals surface area contributed by atoms with Gasteiger partial charge >= 0.3 is 0 Å². The van der Waals surface area contributed by atoms with Crippen LogP contribution in [0.5, 0.6) is 0 Å². The van der Waals surface area contributed by atoms with Crippen molar-refractivity contribution in [2.45, 2.75) is 50.3 Å². The zero-order valence-electron chi connectivity index (χ0n) is 11.4. The largest absolute Gasteiger partial charge is 0.391 e. The number of fused-ring (bicyclic) bond motifs is 1. The van der Waals surface area contributed by atoms with Crippen LogP contribution in [0, 0.1) is 0 Å². The van der Waals surface area contributed by atoms with Crippen molar-refractivity contribution < 1.29 is 14.6 Å². The van der Waals surface area contributed by atoms with Crippen molar-refractivity contribution in [1.29, 1.82) is 0 Å². The molecule has 7 heteroatoms. The van der Waals surface area contributed by atoms with E-state index in [9.17, 15) is 5.11 Å². The van der Waals surface area contributed by atoms with Gasteiger partial charge in [0, 0.05) is 32.0 Å². The van der Waals surface area contributed by atoms with Gasteiger partial charge in [-0.1, -0.05) is 0 Å². The third-order valence-electron chi connectivity index (χ3n) is 4.74. The van der Waals surface area contributed by atoms with Crippen molar-refractivity contribution in [1.82, 2.24) is 19.7 Å². The van der Waals surface area contributed by atoms with Crippen LogP contribution < -0.4 is 0 Å². The molecule has 0 radical (unpaired) electrons. The number of ether oxygens (including phenoxy) is 2. The second-order valence-corrected chi connectivity index (χ2v) is 5.90. The number of nitrogens with zero attached hydrogens (tertiary/aromatic N) is 4. The molecule has 0 amide bonds. The van der Waals surface area contributed by atoms with Gasteiger partial charge in [-0.05, 0) is 6.42 Å². The maximum absolute atomic E-state index is 10.4. The van der Waals surface area contributed by atoms with Crippen LogP contribution in [0.4, 0.5) is 0 Å². The van der Waals surface area contributed by atoms with E-state index in [0.29, 0.717) is 13.2 Å². The van der Waals surface area contributed by atoms with Crippen LogP contribution in [-0.2, 0) is 22.6 Å². The molecule has 20 heavy (non-hydrogen) atoms. The average Bonchev–Trinajstić information content (AvgIpc) is 3.10. The molecule has 2 fully saturated rings. The molecule has 3 heterocycles. The Morgan fingerprint density at radius 2 is 2.15 bits per heavy atom. The highest BCUT2D eigenvalue weighted by Crippen LogP contribution is 2.38. The number of aromatic nitrogens is 3. The van der Waals surface area contributed by atoms with Gasteiger partial charge in [-0.2, -0.15) is 0 Å². The van der Waals surface area contributed by atoms with Crippen LogP contribution in [-0.4, -0.2) is 62.5 Å². The normalized spacial score (nSPS) is 33.5. The summed E-state index contributed by atoms with van der Waals surface area (Å²) in [4.78, 5) is 2.29. The van der Waals surface area contributed by atoms with E-state index in [-0.39, 0.29) is 12.1 Å². The Kier molecular flexibility index (Phi) is 3.03. The maximum atomic E-state index is 10.4. The van der Waals surface area contributed by atoms with Crippen LogP contribution in [0.2, 0.25) is 0 Å². The summed E-state index contributed by atoms with van der Waals surface area (Å²) in [6.07, 6.45) is 3.71. The highest BCUT2D eigenvalue weighted by Gasteiger charge is 2.46. The Morgan fingerprint density at radius 1 is 1.30 bits per heavy atom. The van der Waals surface area contributed by atoms with Crippen molar-refractivity contribution in [2.24, 2.45) is 0 Å². The average molecular weight is 280 g/mol. The minimum Gasteiger partial charge on any atom is -0.391 e. The molecule has 1 spiro atoms. The number of aliphatic hydroxyl groups excluding tert-OH is 1. The van der Waals surface area contributed by atoms with Gasteiger partial charge in [-0.15, -0.1) is 10.2 Å². The van der Waals surface area contributed by atoms with Gasteiger partial charge in [0.2, 0.25) is 0 Å². The Bertz CT molecular complexity index is 486. The lowest BCUT2D eigenvalue weighted by molar-refractivity contribution is -0.206. The molecule has 1 N–H and O–H groups in total. The molecule has 3 aliphatic rings. The highest BCUT2D eigenvalue weighted by molar-refractivity contribution is 4.97. The third kappa shape index (κ3) is 2.05. The van der Waals surface area contributed by atoms with Gasteiger partial charge in [0.15, 0.2) is 5.79 Å². The van der Waals surface area contributed by atoms with E-state index in [0.717, 1.165) is 44.7 Å². The standard InChI is InChI=1S/C13H20N4O3/c18-11-1-2-13(19-5-6-20-13)7-10(11)16-3-4-17-9-14-15-12(17)8-16/h9-11,18H,1-8H2. The zero-order chi connectivity index (χ0) is 13.6. The van der Waals surface area contributed by atoms with E-state index < -0.39 is 5.79 Å². The van der Waals surface area contributed by atoms with E-state index in [1.54, 1.807) is 6.33 Å². The van der Waals surface area contributed by atoms with Crippen molar-refractivity contribution in [2.75, 3.05) is 19.8 Å². The lowest BCUT2D eigenvalue weighted by Gasteiger charge is -2.45. The number of aliphatic hydroxyl groups is 1. The Balaban J connectivity index is 1.52. The van der Waals surface area contributed by atoms with Crippen LogP contribution >= 0.6 is 0 Å². The lowest BCUT2D eigenvalue weighted by atomic mass is 9.86. The van der Waals surface area contributed by atoms with Crippen LogP contribution in [0.15, 0.2) is 6.33 Å². The molecule has 1 saturated heterocycles. The fourth-order valence-electron chi connectivity index (χ4n) is 3.62. The number of hydrogen-bond acceptors (Lipinski definition) is 6. The summed E-state index contributed by atoms with van der Waals surface area (Å²) in [7, 11) is 0. The minimum absolute atomic E-state index is 0.0762. The predicted octanol–water partition coefficient (Wildman–Crippen LogP) is -0.250. The maximum Gasteiger partial charge on any atom is 0.170 e. The summed E-state index contributed by atoms with van der Waals surface area (Å²) in [5, 5.41) is 18.5. The Hall–Kier alpha value is -1.02. The molecule has 1 aliphatic carbocycles. The molecule has 4 rings (SSSR count). The molecule has 0 bridgehead atoms. The first kappa shape index (κ1) is 12.7. The van der Waals surface area contributed by atoms with Crippen molar-refractivity contribution in [3.63, 3.8) is 0 Å². The fraction of sp³-hybridized carbons (Fsp3) is 0.846. The summed E-state index contributed by atoms with van der Waals surface area (Å²) in [6, 6.07) is 0.0762. The van der Waals surface area contributed by atoms with Crippen LogP contribution in [0.25, 0.3) is 0 Å². The Labute approximate surface area is 117 Å². The summed E-state index contributed by atoms with van der Waals surface area (Å²) >= 11 is 0. The molecule has 1 saturated carbocycles. The molecule has 2 aliphatic heterocycles. The van der Waals surface area contributed by atoms with Gasteiger partial charge in [0.1, 0.15) is 12.2 Å². The molecular formula is C13H20N4O3. The summed E-state index contributed by atoms with van der Waals surface area (Å²) in [5.74, 6) is 0.506. The quantitative estimate of drug-likeness (QED) is 0.765. The highest BCUT2D eigenvalue weighted by atomic mass is 16.7. The van der Waals surface area contributed by atoms with Crippen LogP contribution in [0.1, 0.15) is 25.1 Å². The zero-order valence-corrected chi connectivity index (χ0v) is 11.4. The summed E-state index contributed by atoms with van der Waals surface area (Å²) in [6.45, 7) is 3.84. The van der Waals surface area contributed by atoms with Gasteiger partial charge in [0.25, 0.3) is 0 Å². The smallest absolute Gasteiger partial charge is 0.170 e. The molecule has 1 aromatic rings. The third-order valence-corrected chi connectivity index (χ3v) is 4.74. The minimum atomic E-state index is -0.463. The lowest BCUT2D eigenvalue weighted by Crippen LogP contribution is -2.54. The molecule has 0 aromatic carbocycles. The SMILES string of the molecule is OC1CCC2(CC1N1CCn3cnnc3C1)OCCO2. The van der Waals surface area contributed by atoms with E-state index in [1.807, 2.05) is 0 Å². The first-order chi connectivity index (χ1) is 9.76. The van der Waals surface area contributed by atoms with Gasteiger partial charge in [-0.3, -0.25) is 4.90 Å². The Morgan fingerprint density at radius 3 is 3.00 bits per heavy atom. The number of hydrogen-bond donors (Lipinski definition) is 1. The van der Waals surface area contributed by atoms with Gasteiger partial charge in [0.05, 0.1) is 25.9 Å². The second-order valence-electron chi connectivity index (χ2n) is 5.90. The summed E-state index contributed by atoms with van der Waals surface area (Å²) in [5.41, 5.74) is 0. The monoisotopic (exact) mass is 280 g/mol. The second kappa shape index (κ2) is 4.77.